The van der Waals surface area contributed by atoms with Crippen molar-refractivity contribution in [3.05, 3.63) is 96.1 Å². The predicted molar refractivity (Wildman–Crippen MR) is 87.8 cm³/mol. The average Bonchev–Trinajstić information content (AvgIpc) is 2.56. The molecule has 0 saturated heterocycles. The molecule has 3 aromatic rings. The number of rotatable bonds is 4. The molecule has 1 nitrogen and oxygen atoms in total. The first kappa shape index (κ1) is 13.8. The Labute approximate surface area is 130 Å². The Bertz CT molecular complexity index is 736. The van der Waals surface area contributed by atoms with E-state index in [1.165, 1.54) is 4.46 Å². The zero-order valence-electron chi connectivity index (χ0n) is 11.4. The van der Waals surface area contributed by atoms with Gasteiger partial charge in [0.05, 0.1) is 0 Å². The molecular formula is C19H14OSe. The van der Waals surface area contributed by atoms with E-state index in [2.05, 4.69) is 18.2 Å². The molecule has 21 heavy (non-hydrogen) atoms. The molecule has 0 aromatic heterocycles. The van der Waals surface area contributed by atoms with Crippen LogP contribution >= 0.6 is 0 Å². The van der Waals surface area contributed by atoms with Crippen LogP contribution in [-0.4, -0.2) is 20.7 Å². The SMILES string of the molecule is O=C(c1ccccc1)c1ccccc1[Se]c1ccccc1. The first-order chi connectivity index (χ1) is 10.3. The molecule has 3 rings (SSSR count). The maximum absolute atomic E-state index is 12.7. The van der Waals surface area contributed by atoms with Crippen molar-refractivity contribution in [2.45, 2.75) is 0 Å². The second-order valence-electron chi connectivity index (χ2n) is 4.61. The zero-order valence-corrected chi connectivity index (χ0v) is 13.1. The molecular weight excluding hydrogens is 323 g/mol. The number of carbonyl (C=O) groups is 1. The van der Waals surface area contributed by atoms with Gasteiger partial charge < -0.3 is 0 Å². The number of hydrogen-bond acceptors (Lipinski definition) is 1. The molecule has 0 spiro atoms. The molecule has 0 fully saturated rings. The van der Waals surface area contributed by atoms with Crippen LogP contribution in [0.5, 0.6) is 0 Å². The van der Waals surface area contributed by atoms with Gasteiger partial charge in [0.2, 0.25) is 0 Å². The summed E-state index contributed by atoms with van der Waals surface area (Å²) in [6.45, 7) is 0. The second kappa shape index (κ2) is 6.53. The van der Waals surface area contributed by atoms with Gasteiger partial charge in [0.15, 0.2) is 0 Å². The van der Waals surface area contributed by atoms with Gasteiger partial charge >= 0.3 is 131 Å². The van der Waals surface area contributed by atoms with Gasteiger partial charge in [0.25, 0.3) is 0 Å². The molecule has 0 aliphatic heterocycles. The van der Waals surface area contributed by atoms with Crippen LogP contribution in [0.15, 0.2) is 84.9 Å². The summed E-state index contributed by atoms with van der Waals surface area (Å²) in [5, 5.41) is 0. The van der Waals surface area contributed by atoms with Crippen LogP contribution in [0.25, 0.3) is 0 Å². The van der Waals surface area contributed by atoms with E-state index in [1.807, 2.05) is 66.7 Å². The molecule has 2 heteroatoms. The summed E-state index contributed by atoms with van der Waals surface area (Å²) < 4.78 is 2.41. The fraction of sp³-hybridized carbons (Fsp3) is 0. The van der Waals surface area contributed by atoms with Crippen molar-refractivity contribution in [1.29, 1.82) is 0 Å². The standard InChI is InChI=1S/C19H14OSe/c20-19(15-9-3-1-4-10-15)17-13-7-8-14-18(17)21-16-11-5-2-6-12-16/h1-14H. The predicted octanol–water partition coefficient (Wildman–Crippen LogP) is 2.57. The molecule has 102 valence electrons. The van der Waals surface area contributed by atoms with Gasteiger partial charge in [-0.25, -0.2) is 0 Å². The van der Waals surface area contributed by atoms with Gasteiger partial charge in [-0.1, -0.05) is 0 Å². The molecule has 0 bridgehead atoms. The molecule has 0 unspecified atom stereocenters. The third-order valence-electron chi connectivity index (χ3n) is 3.14. The van der Waals surface area contributed by atoms with Crippen LogP contribution < -0.4 is 8.92 Å². The van der Waals surface area contributed by atoms with Crippen molar-refractivity contribution in [1.82, 2.24) is 0 Å². The quantitative estimate of drug-likeness (QED) is 0.528. The minimum absolute atomic E-state index is 0.101. The van der Waals surface area contributed by atoms with Gasteiger partial charge in [-0.3, -0.25) is 0 Å². The number of ketones is 1. The van der Waals surface area contributed by atoms with E-state index in [1.54, 1.807) is 0 Å². The van der Waals surface area contributed by atoms with E-state index >= 15 is 0 Å². The van der Waals surface area contributed by atoms with Crippen LogP contribution in [0.3, 0.4) is 0 Å². The van der Waals surface area contributed by atoms with Gasteiger partial charge in [-0.2, -0.15) is 0 Å². The summed E-state index contributed by atoms with van der Waals surface area (Å²) in [7, 11) is 0. The summed E-state index contributed by atoms with van der Waals surface area (Å²) in [5.74, 6) is 0.101. The second-order valence-corrected chi connectivity index (χ2v) is 6.95. The molecule has 0 N–H and O–H groups in total. The molecule has 0 amide bonds. The van der Waals surface area contributed by atoms with Crippen molar-refractivity contribution in [2.75, 3.05) is 0 Å². The van der Waals surface area contributed by atoms with Crippen LogP contribution in [-0.2, 0) is 0 Å². The zero-order chi connectivity index (χ0) is 14.5. The Balaban J connectivity index is 1.95. The van der Waals surface area contributed by atoms with E-state index in [4.69, 9.17) is 0 Å². The fourth-order valence-corrected chi connectivity index (χ4v) is 4.13. The van der Waals surface area contributed by atoms with E-state index in [0.29, 0.717) is 0 Å². The van der Waals surface area contributed by atoms with E-state index in [0.717, 1.165) is 15.6 Å². The average molecular weight is 337 g/mol. The van der Waals surface area contributed by atoms with Gasteiger partial charge in [0, 0.05) is 0 Å². The third-order valence-corrected chi connectivity index (χ3v) is 5.41. The Morgan fingerprint density at radius 1 is 0.667 bits per heavy atom. The van der Waals surface area contributed by atoms with Crippen molar-refractivity contribution in [3.8, 4) is 0 Å². The van der Waals surface area contributed by atoms with Crippen LogP contribution in [0.1, 0.15) is 15.9 Å². The normalized spacial score (nSPS) is 10.3. The molecule has 0 aliphatic carbocycles. The molecule has 0 atom stereocenters. The van der Waals surface area contributed by atoms with Crippen LogP contribution in [0.2, 0.25) is 0 Å². The fourth-order valence-electron chi connectivity index (χ4n) is 2.10. The van der Waals surface area contributed by atoms with E-state index in [9.17, 15) is 4.79 Å². The van der Waals surface area contributed by atoms with Gasteiger partial charge in [0.1, 0.15) is 0 Å². The Morgan fingerprint density at radius 3 is 1.95 bits per heavy atom. The molecule has 0 heterocycles. The van der Waals surface area contributed by atoms with Gasteiger partial charge in [-0.05, 0) is 0 Å². The summed E-state index contributed by atoms with van der Waals surface area (Å²) in [6.07, 6.45) is 0. The maximum atomic E-state index is 12.7. The van der Waals surface area contributed by atoms with E-state index < -0.39 is 0 Å². The summed E-state index contributed by atoms with van der Waals surface area (Å²) in [4.78, 5) is 12.7. The topological polar surface area (TPSA) is 17.1 Å². The number of carbonyl (C=O) groups excluding carboxylic acids is 1. The monoisotopic (exact) mass is 338 g/mol. The van der Waals surface area contributed by atoms with Crippen LogP contribution in [0, 0.1) is 0 Å². The Morgan fingerprint density at radius 2 is 1.24 bits per heavy atom. The van der Waals surface area contributed by atoms with Crippen LogP contribution in [0.4, 0.5) is 0 Å². The first-order valence-corrected chi connectivity index (χ1v) is 8.47. The third kappa shape index (κ3) is 3.30. The molecule has 3 aromatic carbocycles. The summed E-state index contributed by atoms with van der Waals surface area (Å²) in [5.41, 5.74) is 1.56. The molecule has 0 saturated carbocycles. The van der Waals surface area contributed by atoms with Crippen molar-refractivity contribution in [2.24, 2.45) is 0 Å². The Hall–Kier alpha value is -2.15. The van der Waals surface area contributed by atoms with Gasteiger partial charge in [-0.15, -0.1) is 0 Å². The van der Waals surface area contributed by atoms with Crippen molar-refractivity contribution >= 4 is 29.7 Å². The minimum atomic E-state index is 0.101. The van der Waals surface area contributed by atoms with E-state index in [-0.39, 0.29) is 20.7 Å². The number of hydrogen-bond donors (Lipinski definition) is 0. The number of benzene rings is 3. The summed E-state index contributed by atoms with van der Waals surface area (Å²) >= 11 is 0.141. The van der Waals surface area contributed by atoms with Crippen molar-refractivity contribution < 1.29 is 4.79 Å². The molecule has 0 aliphatic rings. The molecule has 0 radical (unpaired) electrons. The first-order valence-electron chi connectivity index (χ1n) is 6.76. The summed E-state index contributed by atoms with van der Waals surface area (Å²) in [6, 6.07) is 27.7. The Kier molecular flexibility index (Phi) is 4.30. The van der Waals surface area contributed by atoms with Crippen molar-refractivity contribution in [3.63, 3.8) is 0 Å².